The number of rotatable bonds is 8. The van der Waals surface area contributed by atoms with E-state index in [4.69, 9.17) is 38.8 Å². The second-order valence-corrected chi connectivity index (χ2v) is 14.9. The van der Waals surface area contributed by atoms with Crippen LogP contribution in [0.3, 0.4) is 0 Å². The number of carbonyl (C=O) groups is 2. The van der Waals surface area contributed by atoms with Gasteiger partial charge < -0.3 is 21.1 Å². The van der Waals surface area contributed by atoms with Gasteiger partial charge in [0.1, 0.15) is 0 Å². The molecule has 4 rings (SSSR count). The zero-order valence-corrected chi connectivity index (χ0v) is 28.0. The Morgan fingerprint density at radius 1 is 0.936 bits per heavy atom. The third kappa shape index (κ3) is 9.94. The minimum absolute atomic E-state index is 0.0902. The highest BCUT2D eigenvalue weighted by molar-refractivity contribution is 7.92. The lowest BCUT2D eigenvalue weighted by molar-refractivity contribution is -0.192. The number of nitrogens with two attached hydrogens (primary N) is 1. The van der Waals surface area contributed by atoms with E-state index < -0.39 is 38.1 Å². The number of piperazine rings is 1. The number of nitrogens with one attached hydrogen (secondary N) is 1. The number of hydrogen-bond donors (Lipinski definition) is 3. The predicted octanol–water partition coefficient (Wildman–Crippen LogP) is 4.24. The molecule has 0 aliphatic carbocycles. The van der Waals surface area contributed by atoms with Gasteiger partial charge in [-0.2, -0.15) is 17.5 Å². The number of halogens is 5. The minimum Gasteiger partial charge on any atom is -0.475 e. The summed E-state index contributed by atoms with van der Waals surface area (Å²) in [6.45, 7) is 1.65. The molecule has 1 saturated heterocycles. The van der Waals surface area contributed by atoms with Gasteiger partial charge in [-0.3, -0.25) is 9.10 Å². The number of nitrogens with zero attached hydrogens (tertiary/aromatic N) is 3. The molecule has 1 fully saturated rings. The van der Waals surface area contributed by atoms with Crippen molar-refractivity contribution in [2.75, 3.05) is 54.0 Å². The molecule has 1 aliphatic rings. The molecule has 0 radical (unpaired) electrons. The molecule has 0 spiro atoms. The number of sulfonamides is 2. The number of carboxylic acids is 1. The zero-order valence-electron chi connectivity index (χ0n) is 24.8. The summed E-state index contributed by atoms with van der Waals surface area (Å²) in [5, 5.41) is 10.9. The standard InChI is InChI=1S/C26H29Cl2N5O5S2.C2HF3O2/c1-31(39(2,35)36)25-8-3-18(17-29)13-24(25)26(34)30-21-4-6-23(7-5-21)40(37,38)33-11-9-32(10-12-33)22-15-19(27)14-20(28)16-22;3-2(4,5)1(6)7/h3-8,13-16H,9-12,17,29H2,1-2H3,(H,30,34);(H,6,7). The lowest BCUT2D eigenvalue weighted by Crippen LogP contribution is -2.48. The van der Waals surface area contributed by atoms with Crippen LogP contribution in [-0.2, 0) is 31.4 Å². The molecular weight excluding hydrogens is 710 g/mol. The van der Waals surface area contributed by atoms with Gasteiger partial charge in [-0.15, -0.1) is 0 Å². The Morgan fingerprint density at radius 2 is 1.47 bits per heavy atom. The number of anilines is 3. The van der Waals surface area contributed by atoms with Gasteiger partial charge in [-0.05, 0) is 60.2 Å². The van der Waals surface area contributed by atoms with Crippen LogP contribution in [0.4, 0.5) is 30.2 Å². The molecule has 0 unspecified atom stereocenters. The van der Waals surface area contributed by atoms with Crippen molar-refractivity contribution < 1.29 is 44.7 Å². The van der Waals surface area contributed by atoms with E-state index >= 15 is 0 Å². The molecule has 1 heterocycles. The summed E-state index contributed by atoms with van der Waals surface area (Å²) in [6, 6.07) is 15.8. The first kappa shape index (κ1) is 37.8. The minimum atomic E-state index is -5.08. The Bertz CT molecular complexity index is 1820. The number of aliphatic carboxylic acids is 1. The second-order valence-electron chi connectivity index (χ2n) is 10.1. The van der Waals surface area contributed by atoms with Gasteiger partial charge in [0, 0.05) is 61.2 Å². The second kappa shape index (κ2) is 15.1. The molecule has 256 valence electrons. The summed E-state index contributed by atoms with van der Waals surface area (Å²) >= 11 is 12.2. The highest BCUT2D eigenvalue weighted by Crippen LogP contribution is 2.28. The van der Waals surface area contributed by atoms with E-state index in [0.29, 0.717) is 34.4 Å². The maximum Gasteiger partial charge on any atom is 0.490 e. The van der Waals surface area contributed by atoms with Gasteiger partial charge >= 0.3 is 12.1 Å². The third-order valence-corrected chi connectivity index (χ3v) is 10.4. The summed E-state index contributed by atoms with van der Waals surface area (Å²) in [5.41, 5.74) is 7.85. The Balaban J connectivity index is 0.000000771. The Kier molecular flexibility index (Phi) is 12.1. The lowest BCUT2D eigenvalue weighted by Gasteiger charge is -2.35. The number of carbonyl (C=O) groups excluding carboxylic acids is 1. The van der Waals surface area contributed by atoms with Crippen molar-refractivity contribution in [1.29, 1.82) is 0 Å². The number of amides is 1. The Labute approximate surface area is 279 Å². The first-order chi connectivity index (χ1) is 21.7. The van der Waals surface area contributed by atoms with Crippen LogP contribution in [0.1, 0.15) is 15.9 Å². The first-order valence-corrected chi connectivity index (χ1v) is 17.5. The summed E-state index contributed by atoms with van der Waals surface area (Å²) in [7, 11) is -6.04. The van der Waals surface area contributed by atoms with E-state index in [0.717, 1.165) is 16.2 Å². The third-order valence-electron chi connectivity index (χ3n) is 6.82. The van der Waals surface area contributed by atoms with Crippen LogP contribution in [0.5, 0.6) is 0 Å². The molecule has 3 aromatic rings. The normalized spacial score (nSPS) is 14.2. The van der Waals surface area contributed by atoms with Crippen molar-refractivity contribution >= 4 is 72.2 Å². The maximum absolute atomic E-state index is 13.3. The molecular formula is C28H30Cl2F3N5O7S2. The van der Waals surface area contributed by atoms with E-state index in [1.807, 2.05) is 4.90 Å². The van der Waals surface area contributed by atoms with Gasteiger partial charge in [0.15, 0.2) is 0 Å². The lowest BCUT2D eigenvalue weighted by atomic mass is 10.1. The quantitative estimate of drug-likeness (QED) is 0.306. The smallest absolute Gasteiger partial charge is 0.475 e. The van der Waals surface area contributed by atoms with Gasteiger partial charge in [-0.25, -0.2) is 21.6 Å². The van der Waals surface area contributed by atoms with Gasteiger partial charge in [0.2, 0.25) is 20.0 Å². The fraction of sp³-hybridized carbons (Fsp3) is 0.286. The van der Waals surface area contributed by atoms with Crippen molar-refractivity contribution in [1.82, 2.24) is 4.31 Å². The van der Waals surface area contributed by atoms with Crippen molar-refractivity contribution in [3.05, 3.63) is 81.8 Å². The summed E-state index contributed by atoms with van der Waals surface area (Å²) < 4.78 is 84.9. The maximum atomic E-state index is 13.3. The number of hydrogen-bond acceptors (Lipinski definition) is 8. The average Bonchev–Trinajstić information content (AvgIpc) is 2.99. The zero-order chi connectivity index (χ0) is 35.3. The molecule has 0 bridgehead atoms. The Morgan fingerprint density at radius 3 is 1.94 bits per heavy atom. The summed E-state index contributed by atoms with van der Waals surface area (Å²) in [5.74, 6) is -3.32. The van der Waals surface area contributed by atoms with E-state index in [9.17, 15) is 34.8 Å². The molecule has 0 saturated carbocycles. The van der Waals surface area contributed by atoms with Crippen LogP contribution >= 0.6 is 23.2 Å². The molecule has 12 nitrogen and oxygen atoms in total. The molecule has 3 aromatic carbocycles. The average molecular weight is 741 g/mol. The van der Waals surface area contributed by atoms with Crippen LogP contribution in [0.2, 0.25) is 10.0 Å². The monoisotopic (exact) mass is 739 g/mol. The van der Waals surface area contributed by atoms with Crippen LogP contribution in [-0.4, -0.2) is 83.8 Å². The highest BCUT2D eigenvalue weighted by Gasteiger charge is 2.38. The van der Waals surface area contributed by atoms with Crippen LogP contribution in [0.15, 0.2) is 65.6 Å². The van der Waals surface area contributed by atoms with Crippen LogP contribution < -0.4 is 20.3 Å². The van der Waals surface area contributed by atoms with Gasteiger partial charge in [0.05, 0.1) is 22.4 Å². The van der Waals surface area contributed by atoms with E-state index in [1.165, 1.54) is 47.8 Å². The van der Waals surface area contributed by atoms with Crippen LogP contribution in [0.25, 0.3) is 0 Å². The summed E-state index contributed by atoms with van der Waals surface area (Å²) in [6.07, 6.45) is -4.04. The topological polar surface area (TPSA) is 170 Å². The van der Waals surface area contributed by atoms with E-state index in [-0.39, 0.29) is 35.8 Å². The van der Waals surface area contributed by atoms with Crippen LogP contribution in [0, 0.1) is 0 Å². The Hall–Kier alpha value is -3.61. The van der Waals surface area contributed by atoms with Crippen molar-refractivity contribution in [3.8, 4) is 0 Å². The fourth-order valence-electron chi connectivity index (χ4n) is 4.31. The van der Waals surface area contributed by atoms with E-state index in [2.05, 4.69) is 5.32 Å². The molecule has 1 amide bonds. The molecule has 19 heteroatoms. The molecule has 0 atom stereocenters. The highest BCUT2D eigenvalue weighted by atomic mass is 35.5. The molecule has 0 aromatic heterocycles. The van der Waals surface area contributed by atoms with E-state index in [1.54, 1.807) is 24.3 Å². The number of carboxylic acid groups (broad SMARTS) is 1. The largest absolute Gasteiger partial charge is 0.490 e. The van der Waals surface area contributed by atoms with Crippen molar-refractivity contribution in [3.63, 3.8) is 0 Å². The first-order valence-electron chi connectivity index (χ1n) is 13.4. The molecule has 4 N–H and O–H groups in total. The fourth-order valence-corrected chi connectivity index (χ4v) is 6.76. The number of alkyl halides is 3. The predicted molar refractivity (Wildman–Crippen MR) is 173 cm³/mol. The molecule has 1 aliphatic heterocycles. The molecule has 47 heavy (non-hydrogen) atoms. The summed E-state index contributed by atoms with van der Waals surface area (Å²) in [4.78, 5) is 24.1. The van der Waals surface area contributed by atoms with Gasteiger partial charge in [0.25, 0.3) is 5.91 Å². The number of benzene rings is 3. The van der Waals surface area contributed by atoms with Crippen molar-refractivity contribution in [2.24, 2.45) is 5.73 Å². The van der Waals surface area contributed by atoms with Crippen molar-refractivity contribution in [2.45, 2.75) is 17.6 Å². The SMILES string of the molecule is CN(c1ccc(CN)cc1C(=O)Nc1ccc(S(=O)(=O)N2CCN(c3cc(Cl)cc(Cl)c3)CC2)cc1)S(C)(=O)=O.O=C(O)C(F)(F)F. The van der Waals surface area contributed by atoms with Gasteiger partial charge in [-0.1, -0.05) is 29.3 Å².